The number of alkyl halides is 24. The quantitative estimate of drug-likeness (QED) is 0.0351. The van der Waals surface area contributed by atoms with Crippen molar-refractivity contribution >= 4 is 81.7 Å². The van der Waals surface area contributed by atoms with Gasteiger partial charge in [0.15, 0.2) is 17.4 Å². The molecule has 65 heavy (non-hydrogen) atoms. The third-order valence-electron chi connectivity index (χ3n) is 7.44. The summed E-state index contributed by atoms with van der Waals surface area (Å²) in [5.74, 6) is -75.7. The molecule has 0 N–H and O–H groups in total. The Morgan fingerprint density at radius 2 is 0.723 bits per heavy atom. The molecule has 8 nitrogen and oxygen atoms in total. The molecule has 0 bridgehead atoms. The van der Waals surface area contributed by atoms with Gasteiger partial charge in [-0.15, -0.1) is 20.4 Å². The molecule has 0 aliphatic carbocycles. The Hall–Kier alpha value is -2.22. The molecule has 0 saturated carbocycles. The topological polar surface area (TPSA) is 104 Å². The molecule has 0 spiro atoms. The van der Waals surface area contributed by atoms with Crippen LogP contribution in [0.15, 0.2) is 17.4 Å². The maximum atomic E-state index is 13.8. The monoisotopic (exact) mass is 1110 g/mol. The fourth-order valence-corrected chi connectivity index (χ4v) is 10.3. The molecule has 0 atom stereocenters. The predicted molar refractivity (Wildman–Crippen MR) is 180 cm³/mol. The van der Waals surface area contributed by atoms with Crippen molar-refractivity contribution in [2.24, 2.45) is 0 Å². The molecule has 2 rings (SSSR count). The van der Waals surface area contributed by atoms with Gasteiger partial charge in [-0.1, -0.05) is 69.7 Å². The highest BCUT2D eigenvalue weighted by Crippen LogP contribution is 2.60. The number of hydrogen-bond donors (Lipinski definition) is 0. The zero-order valence-corrected chi connectivity index (χ0v) is 35.4. The molecular weight excluding hydrogens is 1090 g/mol. The summed E-state index contributed by atoms with van der Waals surface area (Å²) in [7, 11) is 0. The summed E-state index contributed by atoms with van der Waals surface area (Å²) >= 11 is 5.59. The molecule has 38 heteroatoms. The van der Waals surface area contributed by atoms with Gasteiger partial charge in [-0.25, -0.2) is 17.6 Å². The van der Waals surface area contributed by atoms with E-state index in [1.165, 1.54) is 0 Å². The molecule has 0 aliphatic rings. The Balaban J connectivity index is 1.74. The van der Waals surface area contributed by atoms with Crippen LogP contribution in [-0.4, -0.2) is 134 Å². The predicted octanol–water partition coefficient (Wildman–Crippen LogP) is 11.9. The Morgan fingerprint density at radius 3 is 1.00 bits per heavy atom. The second kappa shape index (κ2) is 21.6. The summed E-state index contributed by atoms with van der Waals surface area (Å²) in [6, 6.07) is 0. The van der Waals surface area contributed by atoms with Crippen molar-refractivity contribution in [3.8, 4) is 0 Å². The van der Waals surface area contributed by atoms with Crippen LogP contribution in [0.3, 0.4) is 0 Å². The van der Waals surface area contributed by atoms with Gasteiger partial charge in [0, 0.05) is 11.5 Å². The number of esters is 2. The number of ether oxygens (including phenoxy) is 2. The summed E-state index contributed by atoms with van der Waals surface area (Å²) in [6.45, 7) is -3.67. The average molecular weight is 1110 g/mol. The lowest BCUT2D eigenvalue weighted by atomic mass is 9.93. The molecule has 0 radical (unpaired) electrons. The van der Waals surface area contributed by atoms with Crippen LogP contribution in [0.4, 0.5) is 105 Å². The van der Waals surface area contributed by atoms with Crippen LogP contribution < -0.4 is 0 Å². The molecule has 0 fully saturated rings. The second-order valence-corrected chi connectivity index (χ2v) is 19.4. The molecule has 0 unspecified atom stereocenters. The lowest BCUT2D eigenvalue weighted by Crippen LogP contribution is -2.68. The van der Waals surface area contributed by atoms with Crippen LogP contribution in [0, 0.1) is 0 Å². The van der Waals surface area contributed by atoms with E-state index in [4.69, 9.17) is 0 Å². The third kappa shape index (κ3) is 12.7. The molecule has 0 saturated heterocycles. The number of thioether (sulfide) groups is 4. The fourth-order valence-electron chi connectivity index (χ4n) is 3.79. The minimum atomic E-state index is -7.72. The SMILES string of the molecule is O=C(CCSc1nnc(SCSc2nnc(SCCC(=O)OCCC(F)(F)C(F)(F)C(F)(F)C(F)(F)C(F)(F)C(F)F)s2)s1)OCCC(F)(F)C(F)(F)C(F)(F)C(F)(F)C(F)(F)C(F)F. The van der Waals surface area contributed by atoms with Gasteiger partial charge in [0.25, 0.3) is 0 Å². The Kier molecular flexibility index (Phi) is 19.6. The number of nitrogens with zero attached hydrogens (tertiary/aromatic N) is 4. The van der Waals surface area contributed by atoms with Crippen LogP contribution in [-0.2, 0) is 19.1 Å². The highest BCUT2D eigenvalue weighted by molar-refractivity contribution is 8.17. The first kappa shape index (κ1) is 58.9. The summed E-state index contributed by atoms with van der Waals surface area (Å²) in [5.41, 5.74) is 0. The summed E-state index contributed by atoms with van der Waals surface area (Å²) in [5, 5.41) is 15.3. The lowest BCUT2D eigenvalue weighted by Gasteiger charge is -2.39. The van der Waals surface area contributed by atoms with E-state index < -0.39 is 123 Å². The van der Waals surface area contributed by atoms with Crippen LogP contribution in [0.2, 0.25) is 0 Å². The van der Waals surface area contributed by atoms with Crippen LogP contribution >= 0.6 is 69.7 Å². The molecule has 2 aromatic heterocycles. The van der Waals surface area contributed by atoms with E-state index in [1.807, 2.05) is 0 Å². The van der Waals surface area contributed by atoms with Gasteiger partial charge in [-0.2, -0.15) is 87.8 Å². The number of carbonyl (C=O) groups excluding carboxylic acids is 2. The number of aromatic nitrogens is 4. The van der Waals surface area contributed by atoms with E-state index in [0.717, 1.165) is 69.7 Å². The Morgan fingerprint density at radius 1 is 0.446 bits per heavy atom. The molecular formula is C27H20F24N4O4S6. The Bertz CT molecular complexity index is 1760. The molecule has 376 valence electrons. The highest BCUT2D eigenvalue weighted by atomic mass is 32.2. The summed E-state index contributed by atoms with van der Waals surface area (Å²) in [4.78, 5) is 23.6. The molecule has 2 heterocycles. The smallest absolute Gasteiger partial charge is 0.384 e. The minimum absolute atomic E-state index is 0.182. The van der Waals surface area contributed by atoms with Crippen molar-refractivity contribution in [2.75, 3.05) is 29.8 Å². The second-order valence-electron chi connectivity index (χ2n) is 11.9. The van der Waals surface area contributed by atoms with E-state index in [9.17, 15) is 115 Å². The normalized spacial score (nSPS) is 14.4. The van der Waals surface area contributed by atoms with Crippen molar-refractivity contribution in [3.05, 3.63) is 0 Å². The van der Waals surface area contributed by atoms with Gasteiger partial charge in [-0.3, -0.25) is 9.59 Å². The fraction of sp³-hybridized carbons (Fsp3) is 0.778. The molecule has 0 aliphatic heterocycles. The molecule has 0 aromatic carbocycles. The van der Waals surface area contributed by atoms with E-state index in [-0.39, 0.29) is 25.3 Å². The van der Waals surface area contributed by atoms with E-state index in [0.29, 0.717) is 8.68 Å². The van der Waals surface area contributed by atoms with Crippen molar-refractivity contribution < 1.29 is 124 Å². The number of rotatable bonds is 28. The van der Waals surface area contributed by atoms with Gasteiger partial charge in [0.2, 0.25) is 0 Å². The van der Waals surface area contributed by atoms with Gasteiger partial charge in [0.1, 0.15) is 0 Å². The van der Waals surface area contributed by atoms with Crippen molar-refractivity contribution in [3.63, 3.8) is 0 Å². The van der Waals surface area contributed by atoms with Gasteiger partial charge in [-0.05, 0) is 0 Å². The highest BCUT2D eigenvalue weighted by Gasteiger charge is 2.89. The first-order chi connectivity index (χ1) is 29.3. The maximum absolute atomic E-state index is 13.8. The van der Waals surface area contributed by atoms with Crippen molar-refractivity contribution in [1.82, 2.24) is 20.4 Å². The van der Waals surface area contributed by atoms with Gasteiger partial charge in [0.05, 0.1) is 44.0 Å². The first-order valence-electron chi connectivity index (χ1n) is 16.1. The van der Waals surface area contributed by atoms with E-state index in [2.05, 4.69) is 29.9 Å². The first-order valence-corrected chi connectivity index (χ1v) is 21.7. The molecule has 2 aromatic rings. The number of carbonyl (C=O) groups is 2. The summed E-state index contributed by atoms with van der Waals surface area (Å²) in [6.07, 6.45) is -17.9. The van der Waals surface area contributed by atoms with Crippen molar-refractivity contribution in [2.45, 2.75) is 115 Å². The van der Waals surface area contributed by atoms with Gasteiger partial charge < -0.3 is 9.47 Å². The average Bonchev–Trinajstić information content (AvgIpc) is 3.83. The van der Waals surface area contributed by atoms with Gasteiger partial charge >= 0.3 is 84.0 Å². The van der Waals surface area contributed by atoms with E-state index in [1.54, 1.807) is 0 Å². The number of hydrogen-bond acceptors (Lipinski definition) is 14. The van der Waals surface area contributed by atoms with E-state index >= 15 is 0 Å². The van der Waals surface area contributed by atoms with Crippen LogP contribution in [0.5, 0.6) is 0 Å². The standard InChI is InChI=1S/C27H20F24N4O4S6/c28-12(29)20(36,37)24(44,45)26(48,49)22(40,41)18(32,33)3-5-58-10(56)1-7-60-14-52-54-16(64-14)62-9-63-17-55-53-15(65-17)61-8-2-11(57)59-6-4-19(34,35)23(42,43)27(50,51)25(46,47)21(38,39)13(30)31/h12-13H,1-9H2. The van der Waals surface area contributed by atoms with Crippen LogP contribution in [0.25, 0.3) is 0 Å². The third-order valence-corrected chi connectivity index (χ3v) is 14.0. The lowest BCUT2D eigenvalue weighted by molar-refractivity contribution is -0.413. The maximum Gasteiger partial charge on any atom is 0.384 e. The number of halogens is 24. The largest absolute Gasteiger partial charge is 0.465 e. The minimum Gasteiger partial charge on any atom is -0.465 e. The zero-order chi connectivity index (χ0) is 50.5. The van der Waals surface area contributed by atoms with Crippen LogP contribution in [0.1, 0.15) is 25.7 Å². The summed E-state index contributed by atoms with van der Waals surface area (Å²) < 4.78 is 328. The Labute approximate surface area is 370 Å². The zero-order valence-electron chi connectivity index (χ0n) is 30.5. The molecule has 0 amide bonds. The van der Waals surface area contributed by atoms with Crippen molar-refractivity contribution in [1.29, 1.82) is 0 Å².